The average molecular weight is 289 g/mol. The van der Waals surface area contributed by atoms with Gasteiger partial charge in [-0.05, 0) is 12.1 Å². The Morgan fingerprint density at radius 3 is 2.73 bits per heavy atom. The van der Waals surface area contributed by atoms with Crippen LogP contribution >= 0.6 is 28.7 Å². The third-order valence-corrected chi connectivity index (χ3v) is 3.06. The number of amidine groups is 1. The molecule has 1 aromatic rings. The lowest BCUT2D eigenvalue weighted by Gasteiger charge is -2.19. The fourth-order valence-corrected chi connectivity index (χ4v) is 2.31. The van der Waals surface area contributed by atoms with Crippen LogP contribution in [0.3, 0.4) is 0 Å². The van der Waals surface area contributed by atoms with Crippen molar-refractivity contribution in [3.63, 3.8) is 0 Å². The molecule has 0 spiro atoms. The van der Waals surface area contributed by atoms with Crippen LogP contribution in [0.4, 0.5) is 5.69 Å². The van der Waals surface area contributed by atoms with Gasteiger partial charge >= 0.3 is 0 Å². The van der Waals surface area contributed by atoms with Crippen molar-refractivity contribution in [3.8, 4) is 5.75 Å². The second-order valence-corrected chi connectivity index (χ2v) is 4.06. The van der Waals surface area contributed by atoms with Gasteiger partial charge in [0.15, 0.2) is 5.17 Å². The molecule has 0 saturated carbocycles. The summed E-state index contributed by atoms with van der Waals surface area (Å²) in [7, 11) is 1.66. The number of nitrogens with zero attached hydrogens (tertiary/aromatic N) is 1. The number of ether oxygens (including phenoxy) is 1. The summed E-state index contributed by atoms with van der Waals surface area (Å²) in [5.74, 6) is 1.82. The Morgan fingerprint density at radius 1 is 1.40 bits per heavy atom. The van der Waals surface area contributed by atoms with E-state index < -0.39 is 0 Å². The molecule has 82 valence electrons. The second-order valence-electron chi connectivity index (χ2n) is 2.98. The van der Waals surface area contributed by atoms with Crippen LogP contribution in [-0.4, -0.2) is 24.6 Å². The quantitative estimate of drug-likeness (QED) is 0.909. The van der Waals surface area contributed by atoms with Crippen molar-refractivity contribution in [2.45, 2.75) is 0 Å². The highest BCUT2D eigenvalue weighted by Crippen LogP contribution is 2.32. The van der Waals surface area contributed by atoms with E-state index in [9.17, 15) is 0 Å². The van der Waals surface area contributed by atoms with Gasteiger partial charge in [0.05, 0.1) is 12.8 Å². The van der Waals surface area contributed by atoms with Crippen molar-refractivity contribution >= 4 is 39.6 Å². The maximum absolute atomic E-state index is 7.75. The smallest absolute Gasteiger partial charge is 0.161 e. The molecule has 1 aromatic carbocycles. The van der Waals surface area contributed by atoms with Gasteiger partial charge in [-0.1, -0.05) is 23.9 Å². The van der Waals surface area contributed by atoms with Gasteiger partial charge in [-0.25, -0.2) is 0 Å². The predicted octanol–water partition coefficient (Wildman–Crippen LogP) is 2.76. The van der Waals surface area contributed by atoms with Crippen LogP contribution in [0.25, 0.3) is 0 Å². The van der Waals surface area contributed by atoms with Gasteiger partial charge in [0, 0.05) is 12.3 Å². The van der Waals surface area contributed by atoms with Crippen LogP contribution < -0.4 is 9.64 Å². The molecule has 0 bridgehead atoms. The molecule has 1 N–H and O–H groups in total. The first-order chi connectivity index (χ1) is 6.83. The summed E-state index contributed by atoms with van der Waals surface area (Å²) in [4.78, 5) is 1.98. The monoisotopic (exact) mass is 288 g/mol. The minimum absolute atomic E-state index is 0. The molecule has 0 aliphatic carbocycles. The SMILES string of the molecule is Br.COc1ccccc1N1CCSC1=N. The van der Waals surface area contributed by atoms with Crippen molar-refractivity contribution in [1.29, 1.82) is 5.41 Å². The Labute approximate surface area is 104 Å². The summed E-state index contributed by atoms with van der Waals surface area (Å²) in [6, 6.07) is 7.81. The van der Waals surface area contributed by atoms with Gasteiger partial charge in [-0.15, -0.1) is 17.0 Å². The van der Waals surface area contributed by atoms with E-state index in [-0.39, 0.29) is 17.0 Å². The number of benzene rings is 1. The lowest BCUT2D eigenvalue weighted by atomic mass is 10.2. The highest BCUT2D eigenvalue weighted by Gasteiger charge is 2.21. The molecule has 1 aliphatic heterocycles. The molecule has 5 heteroatoms. The van der Waals surface area contributed by atoms with Crippen LogP contribution in [0.2, 0.25) is 0 Å². The van der Waals surface area contributed by atoms with E-state index in [0.717, 1.165) is 23.7 Å². The maximum atomic E-state index is 7.75. The summed E-state index contributed by atoms with van der Waals surface area (Å²) >= 11 is 1.57. The highest BCUT2D eigenvalue weighted by atomic mass is 79.9. The molecule has 0 aromatic heterocycles. The molecule has 2 rings (SSSR count). The van der Waals surface area contributed by atoms with Crippen molar-refractivity contribution in [1.82, 2.24) is 0 Å². The first kappa shape index (κ1) is 12.4. The number of rotatable bonds is 2. The van der Waals surface area contributed by atoms with E-state index in [1.807, 2.05) is 29.2 Å². The number of halogens is 1. The zero-order valence-electron chi connectivity index (χ0n) is 8.40. The van der Waals surface area contributed by atoms with Crippen LogP contribution in [0.1, 0.15) is 0 Å². The molecule has 1 heterocycles. The summed E-state index contributed by atoms with van der Waals surface area (Å²) in [5.41, 5.74) is 0.991. The molecule has 0 atom stereocenters. The minimum atomic E-state index is 0. The first-order valence-corrected chi connectivity index (χ1v) is 5.43. The predicted molar refractivity (Wildman–Crippen MR) is 70.8 cm³/mol. The topological polar surface area (TPSA) is 36.3 Å². The standard InChI is InChI=1S/C10H12N2OS.BrH/c1-13-9-5-3-2-4-8(9)12-6-7-14-10(12)11;/h2-5,11H,6-7H2,1H3;1H. The normalized spacial score (nSPS) is 15.0. The van der Waals surface area contributed by atoms with Crippen LogP contribution in [0, 0.1) is 5.41 Å². The molecule has 15 heavy (non-hydrogen) atoms. The van der Waals surface area contributed by atoms with E-state index in [0.29, 0.717) is 5.17 Å². The molecule has 3 nitrogen and oxygen atoms in total. The Bertz CT molecular complexity index is 359. The van der Waals surface area contributed by atoms with E-state index in [1.165, 1.54) is 0 Å². The van der Waals surface area contributed by atoms with Crippen molar-refractivity contribution in [2.24, 2.45) is 0 Å². The van der Waals surface area contributed by atoms with Crippen molar-refractivity contribution in [2.75, 3.05) is 24.3 Å². The zero-order valence-corrected chi connectivity index (χ0v) is 10.9. The fraction of sp³-hybridized carbons (Fsp3) is 0.300. The zero-order chi connectivity index (χ0) is 9.97. The largest absolute Gasteiger partial charge is 0.495 e. The Morgan fingerprint density at radius 2 is 2.13 bits per heavy atom. The second kappa shape index (κ2) is 5.42. The Hall–Kier alpha value is -0.680. The average Bonchev–Trinajstić information content (AvgIpc) is 2.64. The number of para-hydroxylation sites is 2. The molecule has 0 radical (unpaired) electrons. The molecule has 1 saturated heterocycles. The van der Waals surface area contributed by atoms with Crippen LogP contribution in [-0.2, 0) is 0 Å². The number of anilines is 1. The molecular formula is C10H13BrN2OS. The van der Waals surface area contributed by atoms with Crippen LogP contribution in [0.15, 0.2) is 24.3 Å². The fourth-order valence-electron chi connectivity index (χ4n) is 1.50. The number of hydrogen-bond acceptors (Lipinski definition) is 3. The third-order valence-electron chi connectivity index (χ3n) is 2.17. The lowest BCUT2D eigenvalue weighted by molar-refractivity contribution is 0.415. The number of methoxy groups -OCH3 is 1. The Balaban J connectivity index is 0.00000112. The van der Waals surface area contributed by atoms with Gasteiger partial charge in [0.1, 0.15) is 5.75 Å². The minimum Gasteiger partial charge on any atom is -0.495 e. The third kappa shape index (κ3) is 2.46. The van der Waals surface area contributed by atoms with E-state index >= 15 is 0 Å². The van der Waals surface area contributed by atoms with Gasteiger partial charge in [-0.2, -0.15) is 0 Å². The van der Waals surface area contributed by atoms with Gasteiger partial charge in [0.2, 0.25) is 0 Å². The van der Waals surface area contributed by atoms with Crippen LogP contribution in [0.5, 0.6) is 5.75 Å². The van der Waals surface area contributed by atoms with Gasteiger partial charge < -0.3 is 9.64 Å². The number of nitrogens with one attached hydrogen (secondary N) is 1. The lowest BCUT2D eigenvalue weighted by Crippen LogP contribution is -2.23. The van der Waals surface area contributed by atoms with E-state index in [2.05, 4.69) is 0 Å². The number of hydrogen-bond donors (Lipinski definition) is 1. The van der Waals surface area contributed by atoms with E-state index in [1.54, 1.807) is 18.9 Å². The van der Waals surface area contributed by atoms with Gasteiger partial charge in [-0.3, -0.25) is 5.41 Å². The highest BCUT2D eigenvalue weighted by molar-refractivity contribution is 8.93. The van der Waals surface area contributed by atoms with Gasteiger partial charge in [0.25, 0.3) is 0 Å². The first-order valence-electron chi connectivity index (χ1n) is 4.45. The molecule has 0 unspecified atom stereocenters. The molecule has 1 aliphatic rings. The Kier molecular flexibility index (Phi) is 4.47. The summed E-state index contributed by atoms with van der Waals surface area (Å²) in [5, 5.41) is 8.35. The van der Waals surface area contributed by atoms with E-state index in [4.69, 9.17) is 10.1 Å². The summed E-state index contributed by atoms with van der Waals surface area (Å²) in [6.45, 7) is 0.893. The molecule has 1 fully saturated rings. The molecule has 0 amide bonds. The summed E-state index contributed by atoms with van der Waals surface area (Å²) in [6.07, 6.45) is 0. The van der Waals surface area contributed by atoms with Crippen molar-refractivity contribution < 1.29 is 4.74 Å². The number of thioether (sulfide) groups is 1. The maximum Gasteiger partial charge on any atom is 0.161 e. The van der Waals surface area contributed by atoms with Crippen molar-refractivity contribution in [3.05, 3.63) is 24.3 Å². The molecular weight excluding hydrogens is 276 g/mol. The summed E-state index contributed by atoms with van der Waals surface area (Å²) < 4.78 is 5.26.